The molecule has 0 spiro atoms. The smallest absolute Gasteiger partial charge is 0.0657 e. The van der Waals surface area contributed by atoms with Crippen LogP contribution in [0.15, 0.2) is 0 Å². The minimum absolute atomic E-state index is 0.477. The molecule has 1 unspecified atom stereocenters. The Kier molecular flexibility index (Phi) is 4.70. The van der Waals surface area contributed by atoms with Crippen LogP contribution in [0.2, 0.25) is 0 Å². The minimum Gasteiger partial charge on any atom is -0.315 e. The fraction of sp³-hybridized carbons (Fsp3) is 1.00. The van der Waals surface area contributed by atoms with E-state index in [4.69, 9.17) is 4.84 Å². The second-order valence-electron chi connectivity index (χ2n) is 3.87. The molecule has 78 valence electrons. The molecule has 1 heterocycles. The van der Waals surface area contributed by atoms with E-state index in [2.05, 4.69) is 24.2 Å². The van der Waals surface area contributed by atoms with Gasteiger partial charge in [-0.2, -0.15) is 5.06 Å². The zero-order valence-corrected chi connectivity index (χ0v) is 9.05. The van der Waals surface area contributed by atoms with E-state index in [0.717, 1.165) is 19.7 Å². The van der Waals surface area contributed by atoms with Crippen molar-refractivity contribution in [2.45, 2.75) is 45.7 Å². The summed E-state index contributed by atoms with van der Waals surface area (Å²) >= 11 is 0. The molecular formula is C10H22N2O. The van der Waals surface area contributed by atoms with Crippen molar-refractivity contribution >= 4 is 0 Å². The van der Waals surface area contributed by atoms with Gasteiger partial charge in [0.2, 0.25) is 0 Å². The third-order valence-corrected chi connectivity index (χ3v) is 2.42. The lowest BCUT2D eigenvalue weighted by Crippen LogP contribution is -2.48. The Labute approximate surface area is 81.4 Å². The van der Waals surface area contributed by atoms with E-state index in [0.29, 0.717) is 12.1 Å². The quantitative estimate of drug-likeness (QED) is 0.672. The molecular weight excluding hydrogens is 164 g/mol. The number of hydrogen-bond acceptors (Lipinski definition) is 3. The maximum absolute atomic E-state index is 5.64. The maximum atomic E-state index is 5.64. The molecule has 0 bridgehead atoms. The SMILES string of the molecule is CCON(C(C)C)C1CCCNC1. The summed E-state index contributed by atoms with van der Waals surface area (Å²) in [4.78, 5) is 5.64. The number of hydrogen-bond donors (Lipinski definition) is 1. The first kappa shape index (κ1) is 11.0. The molecule has 0 aromatic heterocycles. The van der Waals surface area contributed by atoms with E-state index < -0.39 is 0 Å². The van der Waals surface area contributed by atoms with E-state index in [1.165, 1.54) is 12.8 Å². The number of hydroxylamine groups is 2. The Morgan fingerprint density at radius 2 is 2.31 bits per heavy atom. The van der Waals surface area contributed by atoms with Gasteiger partial charge in [0.25, 0.3) is 0 Å². The van der Waals surface area contributed by atoms with Crippen molar-refractivity contribution in [1.82, 2.24) is 10.4 Å². The molecule has 0 amide bonds. The first-order valence-electron chi connectivity index (χ1n) is 5.37. The van der Waals surface area contributed by atoms with Crippen LogP contribution in [0.3, 0.4) is 0 Å². The molecule has 1 N–H and O–H groups in total. The van der Waals surface area contributed by atoms with Crippen molar-refractivity contribution in [2.75, 3.05) is 19.7 Å². The average molecular weight is 186 g/mol. The number of nitrogens with one attached hydrogen (secondary N) is 1. The third kappa shape index (κ3) is 3.25. The molecule has 1 rings (SSSR count). The van der Waals surface area contributed by atoms with Crippen LogP contribution < -0.4 is 5.32 Å². The molecule has 3 nitrogen and oxygen atoms in total. The number of piperidine rings is 1. The first-order valence-corrected chi connectivity index (χ1v) is 5.37. The summed E-state index contributed by atoms with van der Waals surface area (Å²) in [7, 11) is 0. The van der Waals surface area contributed by atoms with Gasteiger partial charge in [0.1, 0.15) is 0 Å². The Balaban J connectivity index is 2.41. The van der Waals surface area contributed by atoms with Crippen LogP contribution in [-0.2, 0) is 4.84 Å². The van der Waals surface area contributed by atoms with Gasteiger partial charge in [-0.05, 0) is 40.2 Å². The fourth-order valence-electron chi connectivity index (χ4n) is 1.88. The zero-order chi connectivity index (χ0) is 9.68. The normalized spacial score (nSPS) is 24.2. The monoisotopic (exact) mass is 186 g/mol. The summed E-state index contributed by atoms with van der Waals surface area (Å²) in [5.41, 5.74) is 0. The van der Waals surface area contributed by atoms with Gasteiger partial charge in [0, 0.05) is 18.6 Å². The van der Waals surface area contributed by atoms with Gasteiger partial charge in [0.05, 0.1) is 6.61 Å². The van der Waals surface area contributed by atoms with Gasteiger partial charge in [-0.3, -0.25) is 4.84 Å². The molecule has 0 aliphatic carbocycles. The molecule has 1 fully saturated rings. The summed E-state index contributed by atoms with van der Waals surface area (Å²) in [5.74, 6) is 0. The standard InChI is InChI=1S/C10H22N2O/c1-4-13-12(9(2)3)10-6-5-7-11-8-10/h9-11H,4-8H2,1-3H3. The summed E-state index contributed by atoms with van der Waals surface area (Å²) in [6.07, 6.45) is 2.52. The van der Waals surface area contributed by atoms with Crippen molar-refractivity contribution in [3.05, 3.63) is 0 Å². The largest absolute Gasteiger partial charge is 0.315 e. The maximum Gasteiger partial charge on any atom is 0.0657 e. The molecule has 0 aromatic rings. The lowest BCUT2D eigenvalue weighted by molar-refractivity contribution is -0.205. The predicted octanol–water partition coefficient (Wildman–Crippen LogP) is 1.40. The molecule has 1 saturated heterocycles. The highest BCUT2D eigenvalue weighted by atomic mass is 16.7. The molecule has 3 heteroatoms. The van der Waals surface area contributed by atoms with Crippen LogP contribution in [0, 0.1) is 0 Å². The van der Waals surface area contributed by atoms with E-state index in [1.54, 1.807) is 0 Å². The lowest BCUT2D eigenvalue weighted by Gasteiger charge is -2.36. The average Bonchev–Trinajstić information content (AvgIpc) is 2.15. The molecule has 13 heavy (non-hydrogen) atoms. The third-order valence-electron chi connectivity index (χ3n) is 2.42. The van der Waals surface area contributed by atoms with Crippen LogP contribution in [0.5, 0.6) is 0 Å². The van der Waals surface area contributed by atoms with Crippen LogP contribution in [0.1, 0.15) is 33.6 Å². The topological polar surface area (TPSA) is 24.5 Å². The van der Waals surface area contributed by atoms with Gasteiger partial charge in [-0.15, -0.1) is 0 Å². The molecule has 1 aliphatic heterocycles. The lowest BCUT2D eigenvalue weighted by atomic mass is 10.1. The van der Waals surface area contributed by atoms with E-state index in [-0.39, 0.29) is 0 Å². The van der Waals surface area contributed by atoms with Crippen molar-refractivity contribution in [3.63, 3.8) is 0 Å². The summed E-state index contributed by atoms with van der Waals surface area (Å²) in [6, 6.07) is 1.04. The van der Waals surface area contributed by atoms with Gasteiger partial charge < -0.3 is 5.32 Å². The molecule has 0 aromatic carbocycles. The van der Waals surface area contributed by atoms with Crippen LogP contribution >= 0.6 is 0 Å². The Morgan fingerprint density at radius 3 is 2.77 bits per heavy atom. The van der Waals surface area contributed by atoms with Crippen LogP contribution in [0.4, 0.5) is 0 Å². The van der Waals surface area contributed by atoms with Gasteiger partial charge >= 0.3 is 0 Å². The second-order valence-corrected chi connectivity index (χ2v) is 3.87. The van der Waals surface area contributed by atoms with E-state index in [1.807, 2.05) is 6.92 Å². The summed E-state index contributed by atoms with van der Waals surface area (Å²) in [6.45, 7) is 9.42. The van der Waals surface area contributed by atoms with E-state index >= 15 is 0 Å². The molecule has 1 atom stereocenters. The Morgan fingerprint density at radius 1 is 1.54 bits per heavy atom. The zero-order valence-electron chi connectivity index (χ0n) is 9.05. The highest BCUT2D eigenvalue weighted by Crippen LogP contribution is 2.13. The minimum atomic E-state index is 0.477. The molecule has 1 aliphatic rings. The van der Waals surface area contributed by atoms with Crippen LogP contribution in [0.25, 0.3) is 0 Å². The number of nitrogens with zero attached hydrogens (tertiary/aromatic N) is 1. The first-order chi connectivity index (χ1) is 6.25. The molecule has 0 radical (unpaired) electrons. The molecule has 0 saturated carbocycles. The summed E-state index contributed by atoms with van der Waals surface area (Å²) < 4.78 is 0. The van der Waals surface area contributed by atoms with Crippen LogP contribution in [-0.4, -0.2) is 36.8 Å². The number of rotatable bonds is 4. The Bertz CT molecular complexity index is 133. The Hall–Kier alpha value is -0.120. The van der Waals surface area contributed by atoms with Gasteiger partial charge in [-0.25, -0.2) is 0 Å². The van der Waals surface area contributed by atoms with Gasteiger partial charge in [-0.1, -0.05) is 0 Å². The van der Waals surface area contributed by atoms with Gasteiger partial charge in [0.15, 0.2) is 0 Å². The second kappa shape index (κ2) is 5.58. The highest BCUT2D eigenvalue weighted by molar-refractivity contribution is 4.76. The highest BCUT2D eigenvalue weighted by Gasteiger charge is 2.23. The van der Waals surface area contributed by atoms with Crippen molar-refractivity contribution in [3.8, 4) is 0 Å². The van der Waals surface area contributed by atoms with Crippen molar-refractivity contribution in [2.24, 2.45) is 0 Å². The van der Waals surface area contributed by atoms with Crippen molar-refractivity contribution < 1.29 is 4.84 Å². The van der Waals surface area contributed by atoms with E-state index in [9.17, 15) is 0 Å². The predicted molar refractivity (Wildman–Crippen MR) is 54.5 cm³/mol. The fourth-order valence-corrected chi connectivity index (χ4v) is 1.88. The van der Waals surface area contributed by atoms with Crippen molar-refractivity contribution in [1.29, 1.82) is 0 Å². The summed E-state index contributed by atoms with van der Waals surface area (Å²) in [5, 5.41) is 5.55.